The molecule has 0 amide bonds. The Morgan fingerprint density at radius 3 is 2.42 bits per heavy atom. The van der Waals surface area contributed by atoms with E-state index in [-0.39, 0.29) is 24.4 Å². The van der Waals surface area contributed by atoms with Crippen molar-refractivity contribution >= 4 is 17.7 Å². The predicted octanol–water partition coefficient (Wildman–Crippen LogP) is 2.12. The number of benzene rings is 1. The van der Waals surface area contributed by atoms with Crippen molar-refractivity contribution in [2.75, 3.05) is 0 Å². The second kappa shape index (κ2) is 5.22. The number of rotatable bonds is 2. The zero-order chi connectivity index (χ0) is 14.0. The van der Waals surface area contributed by atoms with Gasteiger partial charge in [-0.1, -0.05) is 12.1 Å². The number of Topliss-reactive ketones (excluding diaryl/α,β-unsaturated/α-hetero) is 2. The number of aryl methyl sites for hydroxylation is 2. The fraction of sp³-hybridized carbons (Fsp3) is 0.357. The molecular weight excluding hydrogens is 248 g/mol. The lowest BCUT2D eigenvalue weighted by Gasteiger charge is -2.11. The smallest absolute Gasteiger partial charge is 0.415 e. The van der Waals surface area contributed by atoms with Gasteiger partial charge in [0.15, 0.2) is 11.6 Å². The van der Waals surface area contributed by atoms with E-state index in [9.17, 15) is 14.4 Å². The van der Waals surface area contributed by atoms with Crippen molar-refractivity contribution in [1.82, 2.24) is 0 Å². The third kappa shape index (κ3) is 2.99. The average molecular weight is 262 g/mol. The van der Waals surface area contributed by atoms with Gasteiger partial charge in [-0.3, -0.25) is 9.59 Å². The Hall–Kier alpha value is -2.17. The number of carbonyl (C=O) groups is 3. The van der Waals surface area contributed by atoms with Crippen LogP contribution in [0.15, 0.2) is 18.2 Å². The van der Waals surface area contributed by atoms with E-state index in [1.54, 1.807) is 13.0 Å². The quantitative estimate of drug-likeness (QED) is 0.464. The van der Waals surface area contributed by atoms with Gasteiger partial charge in [-0.2, -0.15) is 0 Å². The highest BCUT2D eigenvalue weighted by Crippen LogP contribution is 2.21. The third-order valence-electron chi connectivity index (χ3n) is 2.95. The molecule has 0 saturated heterocycles. The van der Waals surface area contributed by atoms with E-state index in [0.717, 1.165) is 11.1 Å². The highest BCUT2D eigenvalue weighted by molar-refractivity contribution is 6.12. The molecule has 19 heavy (non-hydrogen) atoms. The van der Waals surface area contributed by atoms with E-state index in [4.69, 9.17) is 9.47 Å². The van der Waals surface area contributed by atoms with Gasteiger partial charge in [-0.15, -0.1) is 0 Å². The zero-order valence-electron chi connectivity index (χ0n) is 10.8. The van der Waals surface area contributed by atoms with Gasteiger partial charge < -0.3 is 9.47 Å². The summed E-state index contributed by atoms with van der Waals surface area (Å²) in [6.07, 6.45) is -2.07. The molecule has 1 aliphatic carbocycles. The van der Waals surface area contributed by atoms with Crippen LogP contribution in [-0.2, 0) is 14.3 Å². The van der Waals surface area contributed by atoms with Crippen molar-refractivity contribution in [1.29, 1.82) is 0 Å². The molecule has 0 unspecified atom stereocenters. The molecule has 1 fully saturated rings. The summed E-state index contributed by atoms with van der Waals surface area (Å²) in [6.45, 7) is 3.65. The molecule has 0 bridgehead atoms. The van der Waals surface area contributed by atoms with Crippen LogP contribution in [0.1, 0.15) is 24.0 Å². The van der Waals surface area contributed by atoms with Crippen LogP contribution in [0.2, 0.25) is 0 Å². The minimum atomic E-state index is -1.29. The first kappa shape index (κ1) is 13.3. The van der Waals surface area contributed by atoms with Crippen molar-refractivity contribution in [2.45, 2.75) is 32.8 Å². The minimum Gasteiger partial charge on any atom is -0.415 e. The zero-order valence-corrected chi connectivity index (χ0v) is 10.8. The summed E-state index contributed by atoms with van der Waals surface area (Å²) in [7, 11) is 0. The van der Waals surface area contributed by atoms with Gasteiger partial charge in [0.25, 0.3) is 0 Å². The van der Waals surface area contributed by atoms with Gasteiger partial charge in [0.2, 0.25) is 6.10 Å². The van der Waals surface area contributed by atoms with Crippen LogP contribution in [0.25, 0.3) is 0 Å². The molecule has 0 radical (unpaired) electrons. The highest BCUT2D eigenvalue weighted by atomic mass is 16.7. The number of carbonyl (C=O) groups excluding carboxylic acids is 3. The number of ether oxygens (including phenoxy) is 2. The van der Waals surface area contributed by atoms with E-state index >= 15 is 0 Å². The summed E-state index contributed by atoms with van der Waals surface area (Å²) in [6, 6.07) is 5.39. The first-order valence-corrected chi connectivity index (χ1v) is 5.98. The molecule has 2 rings (SSSR count). The summed E-state index contributed by atoms with van der Waals surface area (Å²) in [5, 5.41) is 0. The molecule has 0 spiro atoms. The third-order valence-corrected chi connectivity index (χ3v) is 2.95. The van der Waals surface area contributed by atoms with Crippen LogP contribution in [-0.4, -0.2) is 23.8 Å². The second-order valence-corrected chi connectivity index (χ2v) is 4.55. The molecule has 0 aromatic heterocycles. The molecule has 1 aromatic carbocycles. The molecule has 0 N–H and O–H groups in total. The van der Waals surface area contributed by atoms with Gasteiger partial charge >= 0.3 is 6.16 Å². The van der Waals surface area contributed by atoms with Crippen molar-refractivity contribution in [3.05, 3.63) is 29.3 Å². The Morgan fingerprint density at radius 1 is 1.16 bits per heavy atom. The Bertz CT molecular complexity index is 531. The number of ketones is 2. The normalized spacial score (nSPS) is 15.7. The SMILES string of the molecule is Cc1ccc(C)c(OC(=O)OC2C(=O)CCC2=O)c1. The monoisotopic (exact) mass is 262 g/mol. The van der Waals surface area contributed by atoms with Crippen LogP contribution in [0, 0.1) is 13.8 Å². The molecule has 1 saturated carbocycles. The van der Waals surface area contributed by atoms with Crippen molar-refractivity contribution < 1.29 is 23.9 Å². The Labute approximate surface area is 110 Å². The lowest BCUT2D eigenvalue weighted by molar-refractivity contribution is -0.133. The maximum absolute atomic E-state index is 11.6. The molecule has 0 heterocycles. The molecule has 5 nitrogen and oxygen atoms in total. The van der Waals surface area contributed by atoms with Crippen LogP contribution in [0.3, 0.4) is 0 Å². The molecule has 0 aliphatic heterocycles. The fourth-order valence-electron chi connectivity index (χ4n) is 1.85. The lowest BCUT2D eigenvalue weighted by Crippen LogP contribution is -2.29. The van der Waals surface area contributed by atoms with Crippen molar-refractivity contribution in [3.8, 4) is 5.75 Å². The highest BCUT2D eigenvalue weighted by Gasteiger charge is 2.36. The molecule has 100 valence electrons. The van der Waals surface area contributed by atoms with Gasteiger partial charge in [0.05, 0.1) is 0 Å². The lowest BCUT2D eigenvalue weighted by atomic mass is 10.1. The van der Waals surface area contributed by atoms with E-state index in [2.05, 4.69) is 0 Å². The van der Waals surface area contributed by atoms with Crippen LogP contribution < -0.4 is 4.74 Å². The number of hydrogen-bond acceptors (Lipinski definition) is 5. The maximum Gasteiger partial charge on any atom is 0.515 e. The summed E-state index contributed by atoms with van der Waals surface area (Å²) in [5.41, 5.74) is 1.70. The largest absolute Gasteiger partial charge is 0.515 e. The summed E-state index contributed by atoms with van der Waals surface area (Å²) < 4.78 is 9.79. The molecular formula is C14H14O5. The van der Waals surface area contributed by atoms with Crippen molar-refractivity contribution in [2.24, 2.45) is 0 Å². The van der Waals surface area contributed by atoms with Crippen molar-refractivity contribution in [3.63, 3.8) is 0 Å². The molecule has 1 aromatic rings. The molecule has 0 atom stereocenters. The maximum atomic E-state index is 11.6. The summed E-state index contributed by atoms with van der Waals surface area (Å²) >= 11 is 0. The summed E-state index contributed by atoms with van der Waals surface area (Å²) in [4.78, 5) is 34.3. The Kier molecular flexibility index (Phi) is 3.64. The second-order valence-electron chi connectivity index (χ2n) is 4.55. The summed E-state index contributed by atoms with van der Waals surface area (Å²) in [5.74, 6) is -0.381. The van der Waals surface area contributed by atoms with Gasteiger partial charge in [-0.05, 0) is 31.0 Å². The van der Waals surface area contributed by atoms with Crippen LogP contribution in [0.4, 0.5) is 4.79 Å². The molecule has 1 aliphatic rings. The van der Waals surface area contributed by atoms with Crippen LogP contribution >= 0.6 is 0 Å². The first-order chi connectivity index (χ1) is 8.97. The van der Waals surface area contributed by atoms with Gasteiger partial charge in [-0.25, -0.2) is 4.79 Å². The fourth-order valence-corrected chi connectivity index (χ4v) is 1.85. The van der Waals surface area contributed by atoms with Crippen LogP contribution in [0.5, 0.6) is 5.75 Å². The first-order valence-electron chi connectivity index (χ1n) is 5.98. The van der Waals surface area contributed by atoms with Gasteiger partial charge in [0.1, 0.15) is 5.75 Å². The predicted molar refractivity (Wildman–Crippen MR) is 66.1 cm³/mol. The standard InChI is InChI=1S/C14H14O5/c1-8-3-4-9(2)12(7-8)18-14(17)19-13-10(15)5-6-11(13)16/h3-4,7,13H,5-6H2,1-2H3. The Morgan fingerprint density at radius 2 is 1.79 bits per heavy atom. The van der Waals surface area contributed by atoms with E-state index < -0.39 is 12.3 Å². The Balaban J connectivity index is 2.03. The minimum absolute atomic E-state index is 0.125. The van der Waals surface area contributed by atoms with E-state index in [1.165, 1.54) is 0 Å². The number of hydrogen-bond donors (Lipinski definition) is 0. The average Bonchev–Trinajstić information content (AvgIpc) is 2.65. The molecule has 5 heteroatoms. The van der Waals surface area contributed by atoms with E-state index in [0.29, 0.717) is 5.75 Å². The van der Waals surface area contributed by atoms with E-state index in [1.807, 2.05) is 19.1 Å². The van der Waals surface area contributed by atoms with Gasteiger partial charge in [0, 0.05) is 12.8 Å². The topological polar surface area (TPSA) is 69.7 Å².